The van der Waals surface area contributed by atoms with Crippen molar-refractivity contribution in [2.45, 2.75) is 38.1 Å². The van der Waals surface area contributed by atoms with Crippen molar-refractivity contribution in [3.63, 3.8) is 0 Å². The largest absolute Gasteiger partial charge is 0.481 e. The summed E-state index contributed by atoms with van der Waals surface area (Å²) in [6, 6.07) is 8.01. The summed E-state index contributed by atoms with van der Waals surface area (Å²) in [6.45, 7) is 0.762. The van der Waals surface area contributed by atoms with Gasteiger partial charge in [0.15, 0.2) is 0 Å². The Balaban J connectivity index is 1.71. The first-order valence-corrected chi connectivity index (χ1v) is 7.28. The topological polar surface area (TPSA) is 57.6 Å². The molecule has 4 nitrogen and oxygen atoms in total. The van der Waals surface area contributed by atoms with Crippen molar-refractivity contribution in [2.24, 2.45) is 5.92 Å². The van der Waals surface area contributed by atoms with Crippen molar-refractivity contribution in [2.75, 3.05) is 6.54 Å². The summed E-state index contributed by atoms with van der Waals surface area (Å²) >= 11 is 0. The maximum Gasteiger partial charge on any atom is 0.306 e. The number of hydrogen-bond donors (Lipinski definition) is 1. The Hall–Kier alpha value is -1.84. The van der Waals surface area contributed by atoms with Gasteiger partial charge in [-0.3, -0.25) is 9.59 Å². The van der Waals surface area contributed by atoms with E-state index in [1.54, 1.807) is 0 Å². The minimum atomic E-state index is -0.696. The monoisotopic (exact) mass is 273 g/mol. The second kappa shape index (κ2) is 5.27. The Morgan fingerprint density at radius 2 is 1.85 bits per heavy atom. The van der Waals surface area contributed by atoms with E-state index in [1.165, 1.54) is 0 Å². The van der Waals surface area contributed by atoms with Crippen LogP contribution in [-0.2, 0) is 11.2 Å². The molecule has 0 saturated heterocycles. The third-order valence-corrected chi connectivity index (χ3v) is 4.62. The fraction of sp³-hybridized carbons (Fsp3) is 0.500. The van der Waals surface area contributed by atoms with Crippen molar-refractivity contribution in [3.05, 3.63) is 35.4 Å². The van der Waals surface area contributed by atoms with Gasteiger partial charge in [-0.1, -0.05) is 18.2 Å². The number of fused-ring (bicyclic) bond motifs is 1. The highest BCUT2D eigenvalue weighted by Crippen LogP contribution is 2.30. The fourth-order valence-corrected chi connectivity index (χ4v) is 3.43. The van der Waals surface area contributed by atoms with Gasteiger partial charge in [-0.15, -0.1) is 0 Å². The summed E-state index contributed by atoms with van der Waals surface area (Å²) in [4.78, 5) is 25.5. The van der Waals surface area contributed by atoms with Crippen LogP contribution in [0, 0.1) is 5.92 Å². The standard InChI is InChI=1S/C16H19NO3/c18-15-14-4-2-1-3-11(14)9-10-17(15)13-7-5-12(6-8-13)16(19)20/h1-4,12-13H,5-10H2,(H,19,20). The number of amides is 1. The Bertz CT molecular complexity index is 532. The molecule has 1 aliphatic carbocycles. The van der Waals surface area contributed by atoms with E-state index in [2.05, 4.69) is 0 Å². The zero-order chi connectivity index (χ0) is 14.1. The second-order valence-electron chi connectivity index (χ2n) is 5.75. The van der Waals surface area contributed by atoms with Crippen LogP contribution in [0.4, 0.5) is 0 Å². The number of carbonyl (C=O) groups is 2. The first-order chi connectivity index (χ1) is 9.66. The van der Waals surface area contributed by atoms with Gasteiger partial charge in [0, 0.05) is 18.2 Å². The Morgan fingerprint density at radius 3 is 2.55 bits per heavy atom. The third kappa shape index (κ3) is 2.30. The Kier molecular flexibility index (Phi) is 3.47. The van der Waals surface area contributed by atoms with Crippen molar-refractivity contribution in [1.82, 2.24) is 4.90 Å². The van der Waals surface area contributed by atoms with Gasteiger partial charge < -0.3 is 10.0 Å². The highest BCUT2D eigenvalue weighted by Gasteiger charge is 2.34. The van der Waals surface area contributed by atoms with Gasteiger partial charge in [0.05, 0.1) is 5.92 Å². The lowest BCUT2D eigenvalue weighted by molar-refractivity contribution is -0.143. The van der Waals surface area contributed by atoms with Crippen molar-refractivity contribution >= 4 is 11.9 Å². The summed E-state index contributed by atoms with van der Waals surface area (Å²) < 4.78 is 0. The van der Waals surface area contributed by atoms with Crippen LogP contribution < -0.4 is 0 Å². The number of carboxylic acids is 1. The van der Waals surface area contributed by atoms with E-state index in [-0.39, 0.29) is 17.9 Å². The van der Waals surface area contributed by atoms with Crippen LogP contribution in [-0.4, -0.2) is 34.5 Å². The molecule has 1 heterocycles. The van der Waals surface area contributed by atoms with Crippen molar-refractivity contribution in [1.29, 1.82) is 0 Å². The first kappa shape index (κ1) is 13.2. The normalized spacial score (nSPS) is 26.2. The molecule has 1 aromatic rings. The van der Waals surface area contributed by atoms with Crippen LogP contribution in [0.15, 0.2) is 24.3 Å². The van der Waals surface area contributed by atoms with Gasteiger partial charge in [-0.2, -0.15) is 0 Å². The summed E-state index contributed by atoms with van der Waals surface area (Å²) in [6.07, 6.45) is 3.90. The van der Waals surface area contributed by atoms with E-state index in [1.807, 2.05) is 29.2 Å². The summed E-state index contributed by atoms with van der Waals surface area (Å²) in [5.74, 6) is -0.803. The molecule has 1 aliphatic heterocycles. The highest BCUT2D eigenvalue weighted by atomic mass is 16.4. The van der Waals surface area contributed by atoms with E-state index < -0.39 is 5.97 Å². The zero-order valence-corrected chi connectivity index (χ0v) is 11.4. The average Bonchev–Trinajstić information content (AvgIpc) is 2.48. The number of rotatable bonds is 2. The van der Waals surface area contributed by atoms with E-state index in [0.29, 0.717) is 12.8 Å². The van der Waals surface area contributed by atoms with Crippen LogP contribution in [0.3, 0.4) is 0 Å². The maximum absolute atomic E-state index is 12.5. The molecule has 20 heavy (non-hydrogen) atoms. The lowest BCUT2D eigenvalue weighted by atomic mass is 9.84. The lowest BCUT2D eigenvalue weighted by Gasteiger charge is -2.38. The molecule has 0 spiro atoms. The van der Waals surface area contributed by atoms with E-state index in [0.717, 1.165) is 36.9 Å². The Labute approximate surface area is 118 Å². The average molecular weight is 273 g/mol. The van der Waals surface area contributed by atoms with Crippen molar-refractivity contribution in [3.8, 4) is 0 Å². The SMILES string of the molecule is O=C(O)C1CCC(N2CCc3ccccc3C2=O)CC1. The van der Waals surface area contributed by atoms with Crippen LogP contribution in [0.1, 0.15) is 41.6 Å². The molecule has 4 heteroatoms. The molecule has 0 atom stereocenters. The number of carboxylic acid groups (broad SMARTS) is 1. The Morgan fingerprint density at radius 1 is 1.15 bits per heavy atom. The smallest absolute Gasteiger partial charge is 0.306 e. The number of carbonyl (C=O) groups excluding carboxylic acids is 1. The van der Waals surface area contributed by atoms with Crippen LogP contribution in [0.5, 0.6) is 0 Å². The lowest BCUT2D eigenvalue weighted by Crippen LogP contribution is -2.46. The zero-order valence-electron chi connectivity index (χ0n) is 11.4. The van der Waals surface area contributed by atoms with Gasteiger partial charge in [0.2, 0.25) is 0 Å². The van der Waals surface area contributed by atoms with Gasteiger partial charge in [0.1, 0.15) is 0 Å². The van der Waals surface area contributed by atoms with Gasteiger partial charge in [0.25, 0.3) is 5.91 Å². The molecule has 106 valence electrons. The first-order valence-electron chi connectivity index (χ1n) is 7.28. The number of benzene rings is 1. The van der Waals surface area contributed by atoms with Crippen LogP contribution in [0.2, 0.25) is 0 Å². The third-order valence-electron chi connectivity index (χ3n) is 4.62. The van der Waals surface area contributed by atoms with E-state index in [4.69, 9.17) is 5.11 Å². The maximum atomic E-state index is 12.5. The van der Waals surface area contributed by atoms with Gasteiger partial charge in [-0.05, 0) is 43.7 Å². The fourth-order valence-electron chi connectivity index (χ4n) is 3.43. The van der Waals surface area contributed by atoms with Crippen molar-refractivity contribution < 1.29 is 14.7 Å². The van der Waals surface area contributed by atoms with Crippen LogP contribution >= 0.6 is 0 Å². The quantitative estimate of drug-likeness (QED) is 0.899. The predicted octanol–water partition coefficient (Wildman–Crippen LogP) is 2.33. The molecule has 0 aromatic heterocycles. The molecule has 3 rings (SSSR count). The predicted molar refractivity (Wildman–Crippen MR) is 74.6 cm³/mol. The number of aliphatic carboxylic acids is 1. The molecular weight excluding hydrogens is 254 g/mol. The van der Waals surface area contributed by atoms with Crippen LogP contribution in [0.25, 0.3) is 0 Å². The molecule has 0 unspecified atom stereocenters. The summed E-state index contributed by atoms with van der Waals surface area (Å²) in [5.41, 5.74) is 1.95. The summed E-state index contributed by atoms with van der Waals surface area (Å²) in [5, 5.41) is 9.04. The minimum absolute atomic E-state index is 0.116. The summed E-state index contributed by atoms with van der Waals surface area (Å²) in [7, 11) is 0. The molecule has 2 aliphatic rings. The number of hydrogen-bond acceptors (Lipinski definition) is 2. The number of nitrogens with zero attached hydrogens (tertiary/aromatic N) is 1. The molecule has 0 radical (unpaired) electrons. The highest BCUT2D eigenvalue weighted by molar-refractivity contribution is 5.96. The molecule has 1 fully saturated rings. The van der Waals surface area contributed by atoms with Gasteiger partial charge >= 0.3 is 5.97 Å². The van der Waals surface area contributed by atoms with E-state index >= 15 is 0 Å². The minimum Gasteiger partial charge on any atom is -0.481 e. The molecule has 1 saturated carbocycles. The molecular formula is C16H19NO3. The molecule has 0 bridgehead atoms. The van der Waals surface area contributed by atoms with Gasteiger partial charge in [-0.25, -0.2) is 0 Å². The molecule has 1 amide bonds. The molecule has 1 N–H and O–H groups in total. The van der Waals surface area contributed by atoms with E-state index in [9.17, 15) is 9.59 Å². The molecule has 1 aromatic carbocycles. The second-order valence-corrected chi connectivity index (χ2v) is 5.75.